The number of aryl methyl sites for hydroxylation is 2. The summed E-state index contributed by atoms with van der Waals surface area (Å²) >= 11 is 5.31. The summed E-state index contributed by atoms with van der Waals surface area (Å²) in [6, 6.07) is 14.0. The predicted octanol–water partition coefficient (Wildman–Crippen LogP) is 3.49. The van der Waals surface area contributed by atoms with Crippen LogP contribution in [0.15, 0.2) is 42.5 Å². The third-order valence-corrected chi connectivity index (χ3v) is 3.61. The van der Waals surface area contributed by atoms with Gasteiger partial charge in [-0.1, -0.05) is 30.3 Å². The fraction of sp³-hybridized carbons (Fsp3) is 0.125. The van der Waals surface area contributed by atoms with Gasteiger partial charge < -0.3 is 10.3 Å². The number of hydrogen-bond donors (Lipinski definition) is 4. The molecular formula is C16H17N5S. The highest BCUT2D eigenvalue weighted by Gasteiger charge is 2.05. The van der Waals surface area contributed by atoms with Gasteiger partial charge in [0, 0.05) is 5.69 Å². The predicted molar refractivity (Wildman–Crippen MR) is 95.0 cm³/mol. The lowest BCUT2D eigenvalue weighted by Gasteiger charge is -2.14. The number of aromatic nitrogens is 2. The van der Waals surface area contributed by atoms with Crippen molar-refractivity contribution in [2.45, 2.75) is 13.8 Å². The second-order valence-electron chi connectivity index (χ2n) is 5.07. The lowest BCUT2D eigenvalue weighted by Crippen LogP contribution is -2.34. The van der Waals surface area contributed by atoms with E-state index in [1.807, 2.05) is 56.3 Å². The summed E-state index contributed by atoms with van der Waals surface area (Å²) in [5, 5.41) is 3.68. The quantitative estimate of drug-likeness (QED) is 0.440. The Bertz CT molecular complexity index is 771. The van der Waals surface area contributed by atoms with Crippen molar-refractivity contribution >= 4 is 40.0 Å². The molecule has 1 heterocycles. The van der Waals surface area contributed by atoms with Gasteiger partial charge in [0.25, 0.3) is 0 Å². The van der Waals surface area contributed by atoms with Gasteiger partial charge >= 0.3 is 0 Å². The largest absolute Gasteiger partial charge is 0.331 e. The van der Waals surface area contributed by atoms with E-state index < -0.39 is 0 Å². The van der Waals surface area contributed by atoms with Crippen molar-refractivity contribution < 1.29 is 0 Å². The van der Waals surface area contributed by atoms with E-state index >= 15 is 0 Å². The van der Waals surface area contributed by atoms with Crippen LogP contribution >= 0.6 is 12.2 Å². The molecular weight excluding hydrogens is 294 g/mol. The Morgan fingerprint density at radius 3 is 2.50 bits per heavy atom. The smallest absolute Gasteiger partial charge is 0.220 e. The SMILES string of the molecule is Cc1cccc(C)c1NC(=S)NNc1nc2ccccc2[nH]1. The number of para-hydroxylation sites is 3. The first-order valence-corrected chi connectivity index (χ1v) is 7.38. The first kappa shape index (κ1) is 14.3. The van der Waals surface area contributed by atoms with Gasteiger partial charge in [0.15, 0.2) is 5.11 Å². The Morgan fingerprint density at radius 1 is 1.05 bits per heavy atom. The topological polar surface area (TPSA) is 64.8 Å². The van der Waals surface area contributed by atoms with E-state index in [1.54, 1.807) is 0 Å². The van der Waals surface area contributed by atoms with Crippen LogP contribution in [0.2, 0.25) is 0 Å². The maximum absolute atomic E-state index is 5.31. The number of hydrogen-bond acceptors (Lipinski definition) is 3. The van der Waals surface area contributed by atoms with Gasteiger partial charge in [0.1, 0.15) is 0 Å². The molecule has 0 saturated heterocycles. The van der Waals surface area contributed by atoms with Crippen LogP contribution in [0.3, 0.4) is 0 Å². The van der Waals surface area contributed by atoms with Crippen LogP contribution in [0.4, 0.5) is 11.6 Å². The third-order valence-electron chi connectivity index (χ3n) is 3.40. The molecule has 112 valence electrons. The number of hydrazine groups is 1. The molecule has 2 aromatic carbocycles. The summed E-state index contributed by atoms with van der Waals surface area (Å²) < 4.78 is 0. The molecule has 0 aliphatic rings. The van der Waals surface area contributed by atoms with Crippen LogP contribution in [-0.2, 0) is 0 Å². The minimum atomic E-state index is 0.484. The summed E-state index contributed by atoms with van der Waals surface area (Å²) in [7, 11) is 0. The van der Waals surface area contributed by atoms with Crippen LogP contribution in [-0.4, -0.2) is 15.1 Å². The molecule has 0 fully saturated rings. The maximum Gasteiger partial charge on any atom is 0.220 e. The van der Waals surface area contributed by atoms with Crippen molar-refractivity contribution in [1.29, 1.82) is 0 Å². The fourth-order valence-electron chi connectivity index (χ4n) is 2.28. The highest BCUT2D eigenvalue weighted by Crippen LogP contribution is 2.19. The molecule has 0 aliphatic heterocycles. The Balaban J connectivity index is 1.65. The van der Waals surface area contributed by atoms with Crippen molar-refractivity contribution in [2.24, 2.45) is 0 Å². The molecule has 0 aliphatic carbocycles. The van der Waals surface area contributed by atoms with Crippen molar-refractivity contribution in [3.05, 3.63) is 53.6 Å². The number of benzene rings is 2. The second-order valence-corrected chi connectivity index (χ2v) is 5.48. The summed E-state index contributed by atoms with van der Waals surface area (Å²) in [6.07, 6.45) is 0. The van der Waals surface area contributed by atoms with Crippen molar-refractivity contribution in [3.8, 4) is 0 Å². The number of nitrogens with one attached hydrogen (secondary N) is 4. The highest BCUT2D eigenvalue weighted by molar-refractivity contribution is 7.80. The number of nitrogens with zero attached hydrogens (tertiary/aromatic N) is 1. The molecule has 0 spiro atoms. The molecule has 5 nitrogen and oxygen atoms in total. The maximum atomic E-state index is 5.31. The second kappa shape index (κ2) is 6.03. The molecule has 3 aromatic rings. The minimum Gasteiger partial charge on any atom is -0.331 e. The van der Waals surface area contributed by atoms with Crippen molar-refractivity contribution in [1.82, 2.24) is 15.4 Å². The lowest BCUT2D eigenvalue weighted by molar-refractivity contribution is 1.08. The van der Waals surface area contributed by atoms with Gasteiger partial charge in [-0.3, -0.25) is 10.9 Å². The van der Waals surface area contributed by atoms with Crippen LogP contribution in [0.1, 0.15) is 11.1 Å². The summed E-state index contributed by atoms with van der Waals surface area (Å²) in [4.78, 5) is 7.58. The zero-order valence-electron chi connectivity index (χ0n) is 12.4. The van der Waals surface area contributed by atoms with Gasteiger partial charge in [-0.2, -0.15) is 0 Å². The van der Waals surface area contributed by atoms with Crippen molar-refractivity contribution in [3.63, 3.8) is 0 Å². The lowest BCUT2D eigenvalue weighted by atomic mass is 10.1. The van der Waals surface area contributed by atoms with Crippen LogP contribution in [0.25, 0.3) is 11.0 Å². The number of anilines is 2. The third kappa shape index (κ3) is 3.01. The van der Waals surface area contributed by atoms with Crippen LogP contribution in [0.5, 0.6) is 0 Å². The molecule has 6 heteroatoms. The van der Waals surface area contributed by atoms with E-state index in [4.69, 9.17) is 12.2 Å². The number of thiocarbonyl (C=S) groups is 1. The first-order valence-electron chi connectivity index (χ1n) is 6.97. The monoisotopic (exact) mass is 311 g/mol. The standard InChI is InChI=1S/C16H17N5S/c1-10-6-5-7-11(2)14(10)19-16(22)21-20-15-17-12-8-3-4-9-13(12)18-15/h3-9H,1-2H3,(H2,17,18,20)(H2,19,21,22). The minimum absolute atomic E-state index is 0.484. The molecule has 3 rings (SSSR count). The van der Waals surface area contributed by atoms with Crippen LogP contribution in [0, 0.1) is 13.8 Å². The number of fused-ring (bicyclic) bond motifs is 1. The Labute approximate surface area is 134 Å². The molecule has 4 N–H and O–H groups in total. The summed E-state index contributed by atoms with van der Waals surface area (Å²) in [5.41, 5.74) is 11.1. The van der Waals surface area contributed by atoms with E-state index in [-0.39, 0.29) is 0 Å². The normalized spacial score (nSPS) is 10.5. The zero-order chi connectivity index (χ0) is 15.5. The van der Waals surface area contributed by atoms with Crippen LogP contribution < -0.4 is 16.2 Å². The molecule has 0 radical (unpaired) electrons. The number of imidazole rings is 1. The van der Waals surface area contributed by atoms with Crippen molar-refractivity contribution in [2.75, 3.05) is 10.7 Å². The van der Waals surface area contributed by atoms with Gasteiger partial charge in [-0.25, -0.2) is 4.98 Å². The van der Waals surface area contributed by atoms with Gasteiger partial charge in [0.2, 0.25) is 5.95 Å². The molecule has 0 unspecified atom stereocenters. The summed E-state index contributed by atoms with van der Waals surface area (Å²) in [5.74, 6) is 0.617. The zero-order valence-corrected chi connectivity index (χ0v) is 13.2. The average Bonchev–Trinajstić information content (AvgIpc) is 2.92. The average molecular weight is 311 g/mol. The van der Waals surface area contributed by atoms with Gasteiger partial charge in [-0.15, -0.1) is 0 Å². The fourth-order valence-corrected chi connectivity index (χ4v) is 2.44. The number of H-pyrrole nitrogens is 1. The molecule has 0 amide bonds. The Hall–Kier alpha value is -2.60. The number of rotatable bonds is 3. The molecule has 0 atom stereocenters. The first-order chi connectivity index (χ1) is 10.6. The van der Waals surface area contributed by atoms with Gasteiger partial charge in [-0.05, 0) is 49.3 Å². The van der Waals surface area contributed by atoms with Gasteiger partial charge in [0.05, 0.1) is 11.0 Å². The Morgan fingerprint density at radius 2 is 1.77 bits per heavy atom. The highest BCUT2D eigenvalue weighted by atomic mass is 32.1. The summed E-state index contributed by atoms with van der Waals surface area (Å²) in [6.45, 7) is 4.09. The molecule has 22 heavy (non-hydrogen) atoms. The molecule has 1 aromatic heterocycles. The van der Waals surface area contributed by atoms with E-state index in [2.05, 4.69) is 26.1 Å². The van der Waals surface area contributed by atoms with E-state index in [9.17, 15) is 0 Å². The van der Waals surface area contributed by atoms with E-state index in [0.717, 1.165) is 27.8 Å². The Kier molecular flexibility index (Phi) is 3.93. The molecule has 0 saturated carbocycles. The molecule has 0 bridgehead atoms. The van der Waals surface area contributed by atoms with E-state index in [1.165, 1.54) is 0 Å². The van der Waals surface area contributed by atoms with E-state index in [0.29, 0.717) is 11.1 Å². The number of aromatic amines is 1.